The molecule has 0 saturated carbocycles. The third kappa shape index (κ3) is 2.57. The van der Waals surface area contributed by atoms with Crippen LogP contribution in [0.4, 0.5) is 10.1 Å². The van der Waals surface area contributed by atoms with Crippen LogP contribution in [0.5, 0.6) is 5.75 Å². The third-order valence-electron chi connectivity index (χ3n) is 4.59. The van der Waals surface area contributed by atoms with Gasteiger partial charge >= 0.3 is 0 Å². The number of ether oxygens (including phenoxy) is 1. The highest BCUT2D eigenvalue weighted by Gasteiger charge is 2.36. The minimum absolute atomic E-state index is 0.0535. The van der Waals surface area contributed by atoms with Crippen molar-refractivity contribution in [3.8, 4) is 16.9 Å². The van der Waals surface area contributed by atoms with Crippen molar-refractivity contribution in [3.05, 3.63) is 29.8 Å². The Bertz CT molecular complexity index is 885. The molecule has 130 valence electrons. The molecule has 3 heterocycles. The maximum absolute atomic E-state index is 14.7. The van der Waals surface area contributed by atoms with Crippen LogP contribution in [-0.4, -0.2) is 28.7 Å². The van der Waals surface area contributed by atoms with Crippen molar-refractivity contribution in [2.24, 2.45) is 0 Å². The highest BCUT2D eigenvalue weighted by molar-refractivity contribution is 7.98. The van der Waals surface area contributed by atoms with Gasteiger partial charge in [0.1, 0.15) is 17.2 Å². The molecule has 2 aromatic rings. The van der Waals surface area contributed by atoms with E-state index in [-0.39, 0.29) is 11.6 Å². The molecule has 1 aromatic heterocycles. The molecule has 4 rings (SSSR count). The smallest absolute Gasteiger partial charge is 0.227 e. The summed E-state index contributed by atoms with van der Waals surface area (Å²) in [7, 11) is 0. The zero-order valence-electron chi connectivity index (χ0n) is 14.3. The number of amides is 1. The maximum atomic E-state index is 14.7. The Labute approximate surface area is 149 Å². The molecule has 5 nitrogen and oxygen atoms in total. The Kier molecular flexibility index (Phi) is 3.72. The molecule has 1 saturated heterocycles. The molecule has 0 spiro atoms. The number of hydrogen-bond donors (Lipinski definition) is 0. The van der Waals surface area contributed by atoms with E-state index in [1.807, 2.05) is 20.1 Å². The zero-order chi connectivity index (χ0) is 17.8. The SMILES string of the molecule is CSc1ncc2c(n1)C(C)(C)Oc1cc(N3CCCC3=O)c(F)cc1-2. The monoisotopic (exact) mass is 359 g/mol. The van der Waals surface area contributed by atoms with Gasteiger partial charge in [-0.05, 0) is 32.6 Å². The molecule has 25 heavy (non-hydrogen) atoms. The highest BCUT2D eigenvalue weighted by atomic mass is 32.2. The fourth-order valence-electron chi connectivity index (χ4n) is 3.39. The predicted molar refractivity (Wildman–Crippen MR) is 94.4 cm³/mol. The average Bonchev–Trinajstić information content (AvgIpc) is 3.00. The maximum Gasteiger partial charge on any atom is 0.227 e. The molecule has 2 aliphatic heterocycles. The van der Waals surface area contributed by atoms with Crippen LogP contribution >= 0.6 is 11.8 Å². The third-order valence-corrected chi connectivity index (χ3v) is 5.15. The number of halogens is 1. The highest BCUT2D eigenvalue weighted by Crippen LogP contribution is 2.46. The molecule has 1 fully saturated rings. The van der Waals surface area contributed by atoms with Gasteiger partial charge in [-0.1, -0.05) is 11.8 Å². The summed E-state index contributed by atoms with van der Waals surface area (Å²) in [5.41, 5.74) is 1.74. The normalized spacial score (nSPS) is 17.9. The number of aromatic nitrogens is 2. The molecule has 1 amide bonds. The minimum atomic E-state index is -0.667. The Morgan fingerprint density at radius 1 is 1.32 bits per heavy atom. The molecule has 2 aliphatic rings. The summed E-state index contributed by atoms with van der Waals surface area (Å²) in [5.74, 6) is 0.0635. The van der Waals surface area contributed by atoms with E-state index in [1.165, 1.54) is 22.7 Å². The number of fused-ring (bicyclic) bond motifs is 3. The van der Waals surface area contributed by atoms with Gasteiger partial charge in [0.25, 0.3) is 0 Å². The topological polar surface area (TPSA) is 55.3 Å². The van der Waals surface area contributed by atoms with Gasteiger partial charge in [-0.15, -0.1) is 0 Å². The number of hydrogen-bond acceptors (Lipinski definition) is 5. The van der Waals surface area contributed by atoms with Crippen molar-refractivity contribution in [1.82, 2.24) is 9.97 Å². The first kappa shape index (κ1) is 16.3. The van der Waals surface area contributed by atoms with Crippen LogP contribution in [0.25, 0.3) is 11.1 Å². The van der Waals surface area contributed by atoms with Crippen LogP contribution in [0.1, 0.15) is 32.4 Å². The van der Waals surface area contributed by atoms with Crippen LogP contribution in [0.2, 0.25) is 0 Å². The van der Waals surface area contributed by atoms with Gasteiger partial charge in [0, 0.05) is 36.4 Å². The number of benzene rings is 1. The average molecular weight is 359 g/mol. The lowest BCUT2D eigenvalue weighted by molar-refractivity contribution is -0.117. The Hall–Kier alpha value is -2.15. The molecule has 0 N–H and O–H groups in total. The van der Waals surface area contributed by atoms with Gasteiger partial charge in [-0.3, -0.25) is 4.79 Å². The molecular formula is C18H18FN3O2S. The molecular weight excluding hydrogens is 341 g/mol. The fraction of sp³-hybridized carbons (Fsp3) is 0.389. The molecule has 0 radical (unpaired) electrons. The van der Waals surface area contributed by atoms with Gasteiger partial charge < -0.3 is 9.64 Å². The first-order chi connectivity index (χ1) is 11.9. The van der Waals surface area contributed by atoms with Gasteiger partial charge in [-0.2, -0.15) is 0 Å². The number of rotatable bonds is 2. The zero-order valence-corrected chi connectivity index (χ0v) is 15.1. The van der Waals surface area contributed by atoms with Gasteiger partial charge in [0.2, 0.25) is 5.91 Å². The lowest BCUT2D eigenvalue weighted by Gasteiger charge is -2.34. The van der Waals surface area contributed by atoms with Crippen LogP contribution in [0, 0.1) is 5.82 Å². The first-order valence-corrected chi connectivity index (χ1v) is 9.38. The van der Waals surface area contributed by atoms with E-state index < -0.39 is 11.4 Å². The van der Waals surface area contributed by atoms with Crippen LogP contribution in [0.3, 0.4) is 0 Å². The van der Waals surface area contributed by atoms with Crippen LogP contribution < -0.4 is 9.64 Å². The van der Waals surface area contributed by atoms with Crippen molar-refractivity contribution in [1.29, 1.82) is 0 Å². The molecule has 0 atom stereocenters. The summed E-state index contributed by atoms with van der Waals surface area (Å²) in [6.45, 7) is 4.39. The quantitative estimate of drug-likeness (QED) is 0.604. The summed E-state index contributed by atoms with van der Waals surface area (Å²) < 4.78 is 20.9. The van der Waals surface area contributed by atoms with Gasteiger partial charge in [0.15, 0.2) is 5.16 Å². The molecule has 0 bridgehead atoms. The van der Waals surface area contributed by atoms with Crippen LogP contribution in [0.15, 0.2) is 23.5 Å². The summed E-state index contributed by atoms with van der Waals surface area (Å²) >= 11 is 1.45. The van der Waals surface area contributed by atoms with E-state index >= 15 is 0 Å². The summed E-state index contributed by atoms with van der Waals surface area (Å²) in [4.78, 5) is 22.4. The van der Waals surface area contributed by atoms with Crippen molar-refractivity contribution >= 4 is 23.4 Å². The predicted octanol–water partition coefficient (Wildman–Crippen LogP) is 3.76. The van der Waals surface area contributed by atoms with E-state index in [4.69, 9.17) is 4.74 Å². The van der Waals surface area contributed by atoms with E-state index in [0.29, 0.717) is 29.4 Å². The summed E-state index contributed by atoms with van der Waals surface area (Å²) in [6, 6.07) is 3.05. The van der Waals surface area contributed by atoms with E-state index in [2.05, 4.69) is 9.97 Å². The van der Waals surface area contributed by atoms with Gasteiger partial charge in [0.05, 0.1) is 11.4 Å². The minimum Gasteiger partial charge on any atom is -0.481 e. The van der Waals surface area contributed by atoms with Crippen molar-refractivity contribution in [2.45, 2.75) is 37.4 Å². The number of carbonyl (C=O) groups excluding carboxylic acids is 1. The second-order valence-corrected chi connectivity index (χ2v) is 7.45. The molecule has 7 heteroatoms. The first-order valence-electron chi connectivity index (χ1n) is 8.15. The van der Waals surface area contributed by atoms with E-state index in [9.17, 15) is 9.18 Å². The van der Waals surface area contributed by atoms with E-state index in [0.717, 1.165) is 17.7 Å². The number of carbonyl (C=O) groups is 1. The fourth-order valence-corrected chi connectivity index (χ4v) is 3.73. The molecule has 1 aromatic carbocycles. The molecule has 0 unspecified atom stereocenters. The summed E-state index contributed by atoms with van der Waals surface area (Å²) in [5, 5.41) is 0.652. The second-order valence-electron chi connectivity index (χ2n) is 6.68. The number of thioether (sulfide) groups is 1. The lowest BCUT2D eigenvalue weighted by atomic mass is 9.91. The Morgan fingerprint density at radius 3 is 2.80 bits per heavy atom. The largest absolute Gasteiger partial charge is 0.481 e. The van der Waals surface area contributed by atoms with Crippen molar-refractivity contribution in [2.75, 3.05) is 17.7 Å². The number of anilines is 1. The van der Waals surface area contributed by atoms with Crippen LogP contribution in [-0.2, 0) is 10.4 Å². The van der Waals surface area contributed by atoms with E-state index in [1.54, 1.807) is 12.3 Å². The Balaban J connectivity index is 1.88. The number of nitrogens with zero attached hydrogens (tertiary/aromatic N) is 3. The van der Waals surface area contributed by atoms with Crippen molar-refractivity contribution < 1.29 is 13.9 Å². The Morgan fingerprint density at radius 2 is 2.12 bits per heavy atom. The standard InChI is InChI=1S/C18H18FN3O2S/c1-18(2)16-11(9-20-17(21-16)25-3)10-7-12(19)13(8-14(10)24-18)22-6-4-5-15(22)23/h7-9H,4-6H2,1-3H3. The van der Waals surface area contributed by atoms with Gasteiger partial charge in [-0.25, -0.2) is 14.4 Å². The molecule has 0 aliphatic carbocycles. The second kappa shape index (κ2) is 5.69. The van der Waals surface area contributed by atoms with Crippen molar-refractivity contribution in [3.63, 3.8) is 0 Å². The summed E-state index contributed by atoms with van der Waals surface area (Å²) in [6.07, 6.45) is 4.83. The lowest BCUT2D eigenvalue weighted by Crippen LogP contribution is -2.32.